The molecule has 0 unspecified atom stereocenters. The van der Waals surface area contributed by atoms with Gasteiger partial charge in [0.1, 0.15) is 16.7 Å². The van der Waals surface area contributed by atoms with Gasteiger partial charge in [0.2, 0.25) is 17.7 Å². The second kappa shape index (κ2) is 14.0. The Balaban J connectivity index is 1.90. The standard InChI is InChI=1S/C27H40N6O3S2/c1-18(28-4)24(35)29-16-21(34)33(17-19-12-8-6-9-13-19)23(27(2,3)37-5)25(36)30-26-22(31-32-38-26)20-14-10-7-11-15-20/h7,10-11,14-15,18-19,23,28H,6,8-9,12-13,16-17H2,1-5H3,(H,29,35)(H,30,36)/t18-,23+/m0/s1. The first-order valence-electron chi connectivity index (χ1n) is 13.2. The number of benzene rings is 1. The molecular weight excluding hydrogens is 520 g/mol. The summed E-state index contributed by atoms with van der Waals surface area (Å²) in [5.41, 5.74) is 1.46. The molecule has 3 N–H and O–H groups in total. The first-order chi connectivity index (χ1) is 18.2. The van der Waals surface area contributed by atoms with Crippen LogP contribution in [0.4, 0.5) is 5.00 Å². The van der Waals surface area contributed by atoms with Gasteiger partial charge in [-0.15, -0.1) is 5.10 Å². The fourth-order valence-corrected chi connectivity index (χ4v) is 5.78. The van der Waals surface area contributed by atoms with Gasteiger partial charge in [-0.1, -0.05) is 54.1 Å². The van der Waals surface area contributed by atoms with Crippen molar-refractivity contribution >= 4 is 46.0 Å². The van der Waals surface area contributed by atoms with Gasteiger partial charge in [-0.25, -0.2) is 0 Å². The van der Waals surface area contributed by atoms with Crippen LogP contribution in [0.3, 0.4) is 0 Å². The highest BCUT2D eigenvalue weighted by Gasteiger charge is 2.43. The number of thioether (sulfide) groups is 1. The Bertz CT molecular complexity index is 1070. The fraction of sp³-hybridized carbons (Fsp3) is 0.593. The molecule has 2 aromatic rings. The molecule has 208 valence electrons. The quantitative estimate of drug-likeness (QED) is 0.362. The largest absolute Gasteiger partial charge is 0.346 e. The second-order valence-electron chi connectivity index (χ2n) is 10.3. The number of nitrogens with one attached hydrogen (secondary N) is 3. The van der Waals surface area contributed by atoms with Crippen molar-refractivity contribution in [3.8, 4) is 11.3 Å². The molecule has 9 nitrogen and oxygen atoms in total. The van der Waals surface area contributed by atoms with E-state index in [1.807, 2.05) is 50.4 Å². The zero-order valence-electron chi connectivity index (χ0n) is 23.0. The van der Waals surface area contributed by atoms with E-state index in [1.165, 1.54) is 18.2 Å². The zero-order chi connectivity index (χ0) is 27.7. The number of hydrogen-bond acceptors (Lipinski definition) is 8. The van der Waals surface area contributed by atoms with Gasteiger partial charge >= 0.3 is 0 Å². The molecule has 0 bridgehead atoms. The number of anilines is 1. The molecule has 0 spiro atoms. The Morgan fingerprint density at radius 3 is 2.45 bits per heavy atom. The fourth-order valence-electron chi connectivity index (χ4n) is 4.73. The number of likely N-dealkylation sites (N-methyl/N-ethyl adjacent to an activating group) is 1. The summed E-state index contributed by atoms with van der Waals surface area (Å²) >= 11 is 2.65. The normalized spacial score (nSPS) is 15.9. The van der Waals surface area contributed by atoms with E-state index in [4.69, 9.17) is 0 Å². The van der Waals surface area contributed by atoms with Crippen LogP contribution >= 0.6 is 23.3 Å². The molecule has 0 saturated heterocycles. The summed E-state index contributed by atoms with van der Waals surface area (Å²) in [5, 5.41) is 13.5. The van der Waals surface area contributed by atoms with E-state index in [0.717, 1.165) is 42.8 Å². The second-order valence-corrected chi connectivity index (χ2v) is 12.5. The SMILES string of the molecule is CN[C@@H](C)C(=O)NCC(=O)N(CC1CCCCC1)[C@H](C(=O)Nc1snnc1-c1ccccc1)C(C)(C)SC. The van der Waals surface area contributed by atoms with Crippen molar-refractivity contribution in [3.05, 3.63) is 30.3 Å². The molecule has 0 aliphatic heterocycles. The maximum absolute atomic E-state index is 14.0. The summed E-state index contributed by atoms with van der Waals surface area (Å²) in [6.45, 7) is 6.01. The van der Waals surface area contributed by atoms with Crippen LogP contribution in [-0.2, 0) is 14.4 Å². The minimum absolute atomic E-state index is 0.163. The van der Waals surface area contributed by atoms with E-state index in [-0.39, 0.29) is 24.3 Å². The van der Waals surface area contributed by atoms with E-state index in [2.05, 4.69) is 25.5 Å². The lowest BCUT2D eigenvalue weighted by Crippen LogP contribution is -2.59. The summed E-state index contributed by atoms with van der Waals surface area (Å²) in [5.74, 6) is -0.490. The van der Waals surface area contributed by atoms with E-state index < -0.39 is 16.8 Å². The number of carbonyl (C=O) groups excluding carboxylic acids is 3. The molecule has 0 radical (unpaired) electrons. The van der Waals surface area contributed by atoms with Crippen LogP contribution in [-0.4, -0.2) is 75.4 Å². The highest BCUT2D eigenvalue weighted by Crippen LogP contribution is 2.35. The van der Waals surface area contributed by atoms with Crippen molar-refractivity contribution in [2.24, 2.45) is 5.92 Å². The number of carbonyl (C=O) groups is 3. The molecule has 2 atom stereocenters. The molecule has 1 saturated carbocycles. The summed E-state index contributed by atoms with van der Waals surface area (Å²) in [6.07, 6.45) is 7.44. The van der Waals surface area contributed by atoms with Crippen molar-refractivity contribution in [1.82, 2.24) is 25.1 Å². The van der Waals surface area contributed by atoms with Crippen LogP contribution < -0.4 is 16.0 Å². The molecule has 1 aromatic heterocycles. The minimum Gasteiger partial charge on any atom is -0.346 e. The van der Waals surface area contributed by atoms with Gasteiger partial charge in [0.05, 0.1) is 12.6 Å². The maximum Gasteiger partial charge on any atom is 0.249 e. The molecule has 1 aliphatic rings. The predicted octanol–water partition coefficient (Wildman–Crippen LogP) is 3.79. The number of amides is 3. The summed E-state index contributed by atoms with van der Waals surface area (Å²) in [7, 11) is 1.70. The third-order valence-electron chi connectivity index (χ3n) is 7.26. The van der Waals surface area contributed by atoms with Crippen LogP contribution in [0.15, 0.2) is 30.3 Å². The third-order valence-corrected chi connectivity index (χ3v) is 9.17. The van der Waals surface area contributed by atoms with Gasteiger partial charge in [0.15, 0.2) is 0 Å². The molecule has 1 heterocycles. The van der Waals surface area contributed by atoms with Gasteiger partial charge in [0.25, 0.3) is 0 Å². The summed E-state index contributed by atoms with van der Waals surface area (Å²) in [4.78, 5) is 41.8. The van der Waals surface area contributed by atoms with Crippen molar-refractivity contribution in [1.29, 1.82) is 0 Å². The predicted molar refractivity (Wildman–Crippen MR) is 155 cm³/mol. The number of hydrogen-bond donors (Lipinski definition) is 3. The van der Waals surface area contributed by atoms with Crippen LogP contribution in [0, 0.1) is 5.92 Å². The molecule has 1 aromatic carbocycles. The van der Waals surface area contributed by atoms with E-state index in [1.54, 1.807) is 18.9 Å². The molecule has 11 heteroatoms. The van der Waals surface area contributed by atoms with Crippen LogP contribution in [0.5, 0.6) is 0 Å². The monoisotopic (exact) mass is 560 g/mol. The van der Waals surface area contributed by atoms with Crippen LogP contribution in [0.2, 0.25) is 0 Å². The molecular formula is C27H40N6O3S2. The van der Waals surface area contributed by atoms with Crippen molar-refractivity contribution in [2.75, 3.05) is 31.7 Å². The van der Waals surface area contributed by atoms with E-state index >= 15 is 0 Å². The van der Waals surface area contributed by atoms with Crippen molar-refractivity contribution < 1.29 is 14.4 Å². The average Bonchev–Trinajstić information content (AvgIpc) is 3.39. The highest BCUT2D eigenvalue weighted by molar-refractivity contribution is 8.00. The van der Waals surface area contributed by atoms with Gasteiger partial charge in [0, 0.05) is 28.4 Å². The number of aromatic nitrogens is 2. The summed E-state index contributed by atoms with van der Waals surface area (Å²) < 4.78 is 3.48. The van der Waals surface area contributed by atoms with Gasteiger partial charge < -0.3 is 20.9 Å². The smallest absolute Gasteiger partial charge is 0.249 e. The highest BCUT2D eigenvalue weighted by atomic mass is 32.2. The Morgan fingerprint density at radius 1 is 1.13 bits per heavy atom. The Kier molecular flexibility index (Phi) is 11.1. The average molecular weight is 561 g/mol. The molecule has 3 rings (SSSR count). The topological polar surface area (TPSA) is 116 Å². The van der Waals surface area contributed by atoms with Gasteiger partial charge in [-0.3, -0.25) is 14.4 Å². The molecule has 38 heavy (non-hydrogen) atoms. The van der Waals surface area contributed by atoms with Gasteiger partial charge in [-0.2, -0.15) is 11.8 Å². The number of rotatable bonds is 12. The lowest BCUT2D eigenvalue weighted by atomic mass is 9.87. The van der Waals surface area contributed by atoms with E-state index in [0.29, 0.717) is 23.2 Å². The lowest BCUT2D eigenvalue weighted by Gasteiger charge is -2.42. The Hall–Kier alpha value is -2.50. The molecule has 1 fully saturated rings. The minimum atomic E-state index is -0.767. The van der Waals surface area contributed by atoms with Crippen LogP contribution in [0.1, 0.15) is 52.9 Å². The Labute approximate surface area is 234 Å². The van der Waals surface area contributed by atoms with Crippen LogP contribution in [0.25, 0.3) is 11.3 Å². The molecule has 1 aliphatic carbocycles. The maximum atomic E-state index is 14.0. The van der Waals surface area contributed by atoms with Gasteiger partial charge in [-0.05, 0) is 52.8 Å². The third kappa shape index (κ3) is 7.77. The van der Waals surface area contributed by atoms with Crippen molar-refractivity contribution in [3.63, 3.8) is 0 Å². The number of nitrogens with zero attached hydrogens (tertiary/aromatic N) is 3. The summed E-state index contributed by atoms with van der Waals surface area (Å²) in [6, 6.07) is 8.39. The zero-order valence-corrected chi connectivity index (χ0v) is 24.6. The first kappa shape index (κ1) is 30.0. The lowest BCUT2D eigenvalue weighted by molar-refractivity contribution is -0.140. The Morgan fingerprint density at radius 2 is 1.82 bits per heavy atom. The molecule has 3 amide bonds. The van der Waals surface area contributed by atoms with Crippen molar-refractivity contribution in [2.45, 2.75) is 69.7 Å². The van der Waals surface area contributed by atoms with E-state index in [9.17, 15) is 14.4 Å². The first-order valence-corrected chi connectivity index (χ1v) is 15.2.